The maximum absolute atomic E-state index is 13.0. The van der Waals surface area contributed by atoms with Crippen molar-refractivity contribution in [2.45, 2.75) is 0 Å². The SMILES string of the molecule is COc1c(-c2ccccc2)nc2cccc(C(=O)c3ccccc3)n12. The molecule has 0 saturated carbocycles. The maximum atomic E-state index is 13.0. The van der Waals surface area contributed by atoms with Crippen molar-refractivity contribution in [2.75, 3.05) is 7.11 Å². The molecule has 0 saturated heterocycles. The largest absolute Gasteiger partial charge is 0.480 e. The van der Waals surface area contributed by atoms with Gasteiger partial charge in [0.15, 0.2) is 0 Å². The van der Waals surface area contributed by atoms with E-state index < -0.39 is 0 Å². The van der Waals surface area contributed by atoms with Crippen molar-refractivity contribution in [3.8, 4) is 17.1 Å². The van der Waals surface area contributed by atoms with Crippen molar-refractivity contribution in [3.63, 3.8) is 0 Å². The van der Waals surface area contributed by atoms with Crippen LogP contribution in [-0.2, 0) is 0 Å². The first-order valence-corrected chi connectivity index (χ1v) is 8.00. The molecule has 4 aromatic rings. The summed E-state index contributed by atoms with van der Waals surface area (Å²) in [6.45, 7) is 0. The molecule has 4 rings (SSSR count). The van der Waals surface area contributed by atoms with E-state index in [4.69, 9.17) is 4.74 Å². The topological polar surface area (TPSA) is 43.6 Å². The number of rotatable bonds is 4. The molecule has 0 radical (unpaired) electrons. The van der Waals surface area contributed by atoms with E-state index >= 15 is 0 Å². The van der Waals surface area contributed by atoms with E-state index in [0.29, 0.717) is 22.8 Å². The average Bonchev–Trinajstić information content (AvgIpc) is 3.07. The highest BCUT2D eigenvalue weighted by Crippen LogP contribution is 2.31. The van der Waals surface area contributed by atoms with E-state index in [9.17, 15) is 4.79 Å². The average molecular weight is 328 g/mol. The van der Waals surface area contributed by atoms with Gasteiger partial charge in [-0.15, -0.1) is 0 Å². The van der Waals surface area contributed by atoms with Crippen LogP contribution in [0.25, 0.3) is 16.9 Å². The molecule has 0 atom stereocenters. The van der Waals surface area contributed by atoms with Gasteiger partial charge < -0.3 is 4.74 Å². The molecule has 0 bridgehead atoms. The normalized spacial score (nSPS) is 10.8. The molecular formula is C21H16N2O2. The number of carbonyl (C=O) groups is 1. The van der Waals surface area contributed by atoms with Crippen molar-refractivity contribution in [3.05, 3.63) is 90.1 Å². The predicted molar refractivity (Wildman–Crippen MR) is 97.1 cm³/mol. The number of nitrogens with zero attached hydrogens (tertiary/aromatic N) is 2. The molecule has 0 amide bonds. The minimum atomic E-state index is -0.0680. The number of ether oxygens (including phenoxy) is 1. The van der Waals surface area contributed by atoms with Crippen molar-refractivity contribution in [1.82, 2.24) is 9.38 Å². The van der Waals surface area contributed by atoms with Crippen LogP contribution < -0.4 is 4.74 Å². The first-order chi connectivity index (χ1) is 12.3. The molecule has 0 aliphatic heterocycles. The van der Waals surface area contributed by atoms with Gasteiger partial charge in [0.25, 0.3) is 0 Å². The fraction of sp³-hybridized carbons (Fsp3) is 0.0476. The Morgan fingerprint density at radius 2 is 1.56 bits per heavy atom. The van der Waals surface area contributed by atoms with E-state index in [-0.39, 0.29) is 5.78 Å². The first kappa shape index (κ1) is 15.1. The molecule has 25 heavy (non-hydrogen) atoms. The Bertz CT molecular complexity index is 1040. The molecule has 0 aliphatic carbocycles. The molecule has 2 heterocycles. The summed E-state index contributed by atoms with van der Waals surface area (Å²) in [6.07, 6.45) is 0. The van der Waals surface area contributed by atoms with Gasteiger partial charge in [-0.1, -0.05) is 66.7 Å². The van der Waals surface area contributed by atoms with E-state index in [2.05, 4.69) is 4.98 Å². The molecule has 0 N–H and O–H groups in total. The van der Waals surface area contributed by atoms with Crippen LogP contribution in [0.5, 0.6) is 5.88 Å². The van der Waals surface area contributed by atoms with Crippen LogP contribution in [0.3, 0.4) is 0 Å². The molecule has 0 spiro atoms. The zero-order valence-corrected chi connectivity index (χ0v) is 13.7. The lowest BCUT2D eigenvalue weighted by molar-refractivity contribution is 0.103. The molecule has 4 nitrogen and oxygen atoms in total. The Kier molecular flexibility index (Phi) is 3.78. The van der Waals surface area contributed by atoms with E-state index in [1.165, 1.54) is 0 Å². The summed E-state index contributed by atoms with van der Waals surface area (Å²) in [7, 11) is 1.60. The summed E-state index contributed by atoms with van der Waals surface area (Å²) in [4.78, 5) is 17.6. The molecule has 2 aromatic carbocycles. The molecule has 0 unspecified atom stereocenters. The monoisotopic (exact) mass is 328 g/mol. The lowest BCUT2D eigenvalue weighted by Crippen LogP contribution is -2.08. The van der Waals surface area contributed by atoms with Gasteiger partial charge in [0, 0.05) is 11.1 Å². The summed E-state index contributed by atoms with van der Waals surface area (Å²) in [5.74, 6) is 0.489. The number of ketones is 1. The molecule has 0 aliphatic rings. The third-order valence-electron chi connectivity index (χ3n) is 4.11. The number of hydrogen-bond acceptors (Lipinski definition) is 3. The number of carbonyl (C=O) groups excluding carboxylic acids is 1. The Hall–Kier alpha value is -3.40. The second-order valence-corrected chi connectivity index (χ2v) is 5.64. The number of pyridine rings is 1. The summed E-state index contributed by atoms with van der Waals surface area (Å²) in [5.41, 5.74) is 3.50. The second kappa shape index (κ2) is 6.24. The van der Waals surface area contributed by atoms with Crippen LogP contribution in [-0.4, -0.2) is 22.3 Å². The quantitative estimate of drug-likeness (QED) is 0.526. The highest BCUT2D eigenvalue weighted by atomic mass is 16.5. The van der Waals surface area contributed by atoms with Crippen molar-refractivity contribution in [1.29, 1.82) is 0 Å². The van der Waals surface area contributed by atoms with Crippen LogP contribution >= 0.6 is 0 Å². The van der Waals surface area contributed by atoms with Crippen LogP contribution in [0, 0.1) is 0 Å². The van der Waals surface area contributed by atoms with E-state index in [1.807, 2.05) is 72.8 Å². The molecule has 0 fully saturated rings. The summed E-state index contributed by atoms with van der Waals surface area (Å²) < 4.78 is 7.40. The van der Waals surface area contributed by atoms with Gasteiger partial charge >= 0.3 is 0 Å². The van der Waals surface area contributed by atoms with E-state index in [1.54, 1.807) is 17.6 Å². The Balaban J connectivity index is 1.95. The van der Waals surface area contributed by atoms with Crippen LogP contribution in [0.15, 0.2) is 78.9 Å². The lowest BCUT2D eigenvalue weighted by atomic mass is 10.1. The fourth-order valence-electron chi connectivity index (χ4n) is 2.95. The number of methoxy groups -OCH3 is 1. The Morgan fingerprint density at radius 1 is 0.880 bits per heavy atom. The Labute approximate surface area is 145 Å². The van der Waals surface area contributed by atoms with Crippen molar-refractivity contribution < 1.29 is 9.53 Å². The highest BCUT2D eigenvalue weighted by Gasteiger charge is 2.20. The number of benzene rings is 2. The Morgan fingerprint density at radius 3 is 2.24 bits per heavy atom. The zero-order valence-electron chi connectivity index (χ0n) is 13.7. The van der Waals surface area contributed by atoms with Gasteiger partial charge in [-0.25, -0.2) is 4.98 Å². The van der Waals surface area contributed by atoms with Gasteiger partial charge in [0.05, 0.1) is 12.8 Å². The standard InChI is InChI=1S/C21H16N2O2/c1-25-21-19(15-9-4-2-5-10-15)22-18-14-8-13-17(23(18)21)20(24)16-11-6-3-7-12-16/h2-14H,1H3. The summed E-state index contributed by atoms with van der Waals surface area (Å²) in [5, 5.41) is 0. The van der Waals surface area contributed by atoms with Crippen LogP contribution in [0.1, 0.15) is 16.1 Å². The van der Waals surface area contributed by atoms with Gasteiger partial charge in [-0.3, -0.25) is 9.20 Å². The molecule has 4 heteroatoms. The third kappa shape index (κ3) is 2.58. The van der Waals surface area contributed by atoms with Gasteiger partial charge in [-0.05, 0) is 12.1 Å². The number of aromatic nitrogens is 2. The minimum absolute atomic E-state index is 0.0680. The number of hydrogen-bond donors (Lipinski definition) is 0. The van der Waals surface area contributed by atoms with Gasteiger partial charge in [-0.2, -0.15) is 0 Å². The van der Waals surface area contributed by atoms with Crippen LogP contribution in [0.2, 0.25) is 0 Å². The first-order valence-electron chi connectivity index (χ1n) is 8.00. The molecule has 2 aromatic heterocycles. The highest BCUT2D eigenvalue weighted by molar-refractivity contribution is 6.08. The van der Waals surface area contributed by atoms with Crippen molar-refractivity contribution >= 4 is 11.4 Å². The molecular weight excluding hydrogens is 312 g/mol. The molecule has 122 valence electrons. The van der Waals surface area contributed by atoms with Crippen molar-refractivity contribution in [2.24, 2.45) is 0 Å². The number of fused-ring (bicyclic) bond motifs is 1. The zero-order chi connectivity index (χ0) is 17.2. The van der Waals surface area contributed by atoms with Gasteiger partial charge in [0.2, 0.25) is 11.7 Å². The maximum Gasteiger partial charge on any atom is 0.227 e. The van der Waals surface area contributed by atoms with E-state index in [0.717, 1.165) is 11.3 Å². The second-order valence-electron chi connectivity index (χ2n) is 5.64. The summed E-state index contributed by atoms with van der Waals surface area (Å²) >= 11 is 0. The third-order valence-corrected chi connectivity index (χ3v) is 4.11. The number of imidazole rings is 1. The van der Waals surface area contributed by atoms with Gasteiger partial charge in [0.1, 0.15) is 11.3 Å². The minimum Gasteiger partial charge on any atom is -0.480 e. The summed E-state index contributed by atoms with van der Waals surface area (Å²) in [6, 6.07) is 24.5. The lowest BCUT2D eigenvalue weighted by Gasteiger charge is -2.08. The fourth-order valence-corrected chi connectivity index (χ4v) is 2.95. The van der Waals surface area contributed by atoms with Crippen LogP contribution in [0.4, 0.5) is 0 Å². The predicted octanol–water partition coefficient (Wildman–Crippen LogP) is 4.24. The smallest absolute Gasteiger partial charge is 0.227 e.